The Bertz CT molecular complexity index is 1560. The van der Waals surface area contributed by atoms with Gasteiger partial charge in [-0.25, -0.2) is 4.98 Å². The highest BCUT2D eigenvalue weighted by Gasteiger charge is 2.18. The number of nitrogen functional groups attached to an aromatic ring is 1. The third kappa shape index (κ3) is 5.02. The van der Waals surface area contributed by atoms with Crippen LogP contribution in [-0.4, -0.2) is 16.7 Å². The Morgan fingerprint density at radius 1 is 0.971 bits per heavy atom. The van der Waals surface area contributed by atoms with Gasteiger partial charge in [0.25, 0.3) is 5.91 Å². The Morgan fingerprint density at radius 3 is 2.46 bits per heavy atom. The highest BCUT2D eigenvalue weighted by Crippen LogP contribution is 2.35. The maximum atomic E-state index is 12.9. The lowest BCUT2D eigenvalue weighted by atomic mass is 10.1. The highest BCUT2D eigenvalue weighted by atomic mass is 35.5. The minimum Gasteiger partial charge on any atom is -0.397 e. The lowest BCUT2D eigenvalue weighted by molar-refractivity contribution is 0.102. The summed E-state index contributed by atoms with van der Waals surface area (Å²) in [4.78, 5) is 32.1. The first-order valence-corrected chi connectivity index (χ1v) is 12.7. The van der Waals surface area contributed by atoms with Gasteiger partial charge in [-0.2, -0.15) is 0 Å². The number of thiophene rings is 2. The Balaban J connectivity index is 1.32. The predicted octanol–water partition coefficient (Wildman–Crippen LogP) is 7.41. The van der Waals surface area contributed by atoms with Gasteiger partial charge in [0, 0.05) is 32.1 Å². The molecule has 0 saturated carbocycles. The number of ketones is 1. The molecule has 8 heteroatoms. The van der Waals surface area contributed by atoms with Crippen molar-refractivity contribution in [3.05, 3.63) is 105 Å². The van der Waals surface area contributed by atoms with E-state index in [-0.39, 0.29) is 11.7 Å². The van der Waals surface area contributed by atoms with E-state index in [0.29, 0.717) is 31.7 Å². The first-order valence-electron chi connectivity index (χ1n) is 10.6. The van der Waals surface area contributed by atoms with Crippen molar-refractivity contribution in [3.63, 3.8) is 0 Å². The second kappa shape index (κ2) is 9.84. The second-order valence-electron chi connectivity index (χ2n) is 7.65. The monoisotopic (exact) mass is 515 g/mol. The summed E-state index contributed by atoms with van der Waals surface area (Å²) < 4.78 is 0. The van der Waals surface area contributed by atoms with Gasteiger partial charge in [-0.15, -0.1) is 22.7 Å². The zero-order valence-corrected chi connectivity index (χ0v) is 20.6. The number of nitrogens with two attached hydrogens (primary N) is 1. The number of nitrogens with one attached hydrogen (secondary N) is 1. The molecule has 3 aromatic heterocycles. The summed E-state index contributed by atoms with van der Waals surface area (Å²) in [5, 5.41) is 6.20. The van der Waals surface area contributed by atoms with Crippen molar-refractivity contribution >= 4 is 73.6 Å². The summed E-state index contributed by atoms with van der Waals surface area (Å²) in [7, 11) is 0. The van der Waals surface area contributed by atoms with E-state index >= 15 is 0 Å². The average Bonchev–Trinajstić information content (AvgIpc) is 3.51. The van der Waals surface area contributed by atoms with Gasteiger partial charge in [0.1, 0.15) is 9.71 Å². The molecular formula is C27H18ClN3O2S2. The topological polar surface area (TPSA) is 85.1 Å². The maximum Gasteiger partial charge on any atom is 0.267 e. The van der Waals surface area contributed by atoms with E-state index in [4.69, 9.17) is 17.3 Å². The molecule has 35 heavy (non-hydrogen) atoms. The first kappa shape index (κ1) is 23.0. The van der Waals surface area contributed by atoms with Crippen molar-refractivity contribution in [2.75, 3.05) is 11.1 Å². The van der Waals surface area contributed by atoms with E-state index in [9.17, 15) is 9.59 Å². The molecule has 0 atom stereocenters. The number of amides is 1. The molecule has 0 radical (unpaired) electrons. The largest absolute Gasteiger partial charge is 0.397 e. The summed E-state index contributed by atoms with van der Waals surface area (Å²) in [6.45, 7) is 0. The van der Waals surface area contributed by atoms with Crippen LogP contribution in [0.1, 0.15) is 24.9 Å². The number of benzene rings is 2. The Hall–Kier alpha value is -3.78. The number of pyridine rings is 1. The quantitative estimate of drug-likeness (QED) is 0.182. The normalized spacial score (nSPS) is 11.2. The van der Waals surface area contributed by atoms with Gasteiger partial charge in [-0.05, 0) is 72.1 Å². The van der Waals surface area contributed by atoms with Crippen LogP contribution in [0.3, 0.4) is 0 Å². The number of carbonyl (C=O) groups is 2. The van der Waals surface area contributed by atoms with E-state index in [0.717, 1.165) is 21.5 Å². The third-order valence-corrected chi connectivity index (χ3v) is 7.51. The zero-order chi connectivity index (χ0) is 24.4. The summed E-state index contributed by atoms with van der Waals surface area (Å²) in [5.74, 6) is -0.428. The van der Waals surface area contributed by atoms with Gasteiger partial charge in [0.15, 0.2) is 5.78 Å². The molecule has 3 heterocycles. The van der Waals surface area contributed by atoms with Crippen LogP contribution < -0.4 is 11.1 Å². The lowest BCUT2D eigenvalue weighted by Crippen LogP contribution is -2.12. The van der Waals surface area contributed by atoms with Gasteiger partial charge in [-0.1, -0.05) is 29.8 Å². The molecule has 2 aromatic carbocycles. The highest BCUT2D eigenvalue weighted by molar-refractivity contribution is 7.21. The van der Waals surface area contributed by atoms with E-state index in [2.05, 4.69) is 10.3 Å². The summed E-state index contributed by atoms with van der Waals surface area (Å²) >= 11 is 8.78. The van der Waals surface area contributed by atoms with Crippen LogP contribution in [0.25, 0.3) is 27.6 Å². The van der Waals surface area contributed by atoms with Crippen molar-refractivity contribution in [1.29, 1.82) is 0 Å². The summed E-state index contributed by atoms with van der Waals surface area (Å²) in [5.41, 5.74) is 9.48. The van der Waals surface area contributed by atoms with Crippen LogP contribution in [0.15, 0.2) is 84.3 Å². The number of halogens is 1. The van der Waals surface area contributed by atoms with Crippen molar-refractivity contribution in [1.82, 2.24) is 4.98 Å². The zero-order valence-electron chi connectivity index (χ0n) is 18.2. The van der Waals surface area contributed by atoms with Gasteiger partial charge >= 0.3 is 0 Å². The standard InChI is InChI=1S/C27H18ClN3O2S2/c28-18-7-3-16(4-8-18)22-13-12-21-24(29)25(35-27(21)31-22)26(33)30-19-9-5-17(6-10-19)23(32)14-11-20-2-1-15-34-20/h1-15H,29H2,(H,30,33)/b14-11+. The number of aromatic nitrogens is 1. The number of allylic oxidation sites excluding steroid dienone is 1. The molecule has 0 spiro atoms. The van der Waals surface area contributed by atoms with Gasteiger partial charge in [-0.3, -0.25) is 9.59 Å². The van der Waals surface area contributed by atoms with Crippen molar-refractivity contribution in [2.45, 2.75) is 0 Å². The molecule has 0 fully saturated rings. The van der Waals surface area contributed by atoms with Gasteiger partial charge in [0.2, 0.25) is 0 Å². The number of anilines is 2. The fraction of sp³-hybridized carbons (Fsp3) is 0. The van der Waals surface area contributed by atoms with Crippen LogP contribution in [0.5, 0.6) is 0 Å². The van der Waals surface area contributed by atoms with Gasteiger partial charge < -0.3 is 11.1 Å². The number of fused-ring (bicyclic) bond motifs is 1. The Labute approximate surface area is 214 Å². The first-order chi connectivity index (χ1) is 17.0. The summed E-state index contributed by atoms with van der Waals surface area (Å²) in [6.07, 6.45) is 3.34. The van der Waals surface area contributed by atoms with Gasteiger partial charge in [0.05, 0.1) is 11.4 Å². The average molecular weight is 516 g/mol. The van der Waals surface area contributed by atoms with Crippen LogP contribution in [-0.2, 0) is 0 Å². The molecule has 0 aliphatic rings. The van der Waals surface area contributed by atoms with Crippen molar-refractivity contribution < 1.29 is 9.59 Å². The minimum absolute atomic E-state index is 0.104. The molecule has 0 unspecified atom stereocenters. The number of carbonyl (C=O) groups excluding carboxylic acids is 2. The molecule has 1 amide bonds. The molecule has 0 bridgehead atoms. The fourth-order valence-electron chi connectivity index (χ4n) is 3.49. The number of hydrogen-bond acceptors (Lipinski definition) is 6. The molecule has 5 rings (SSSR count). The molecule has 172 valence electrons. The number of hydrogen-bond donors (Lipinski definition) is 2. The van der Waals surface area contributed by atoms with Crippen molar-refractivity contribution in [2.24, 2.45) is 0 Å². The van der Waals surface area contributed by atoms with E-state index in [1.54, 1.807) is 47.8 Å². The lowest BCUT2D eigenvalue weighted by Gasteiger charge is -2.05. The van der Waals surface area contributed by atoms with Crippen LogP contribution in [0, 0.1) is 0 Å². The Kier molecular flexibility index (Phi) is 6.46. The molecule has 5 aromatic rings. The number of nitrogens with zero attached hydrogens (tertiary/aromatic N) is 1. The minimum atomic E-state index is -0.324. The van der Waals surface area contributed by atoms with Crippen LogP contribution in [0.4, 0.5) is 11.4 Å². The molecule has 3 N–H and O–H groups in total. The van der Waals surface area contributed by atoms with E-state index in [1.165, 1.54) is 11.3 Å². The van der Waals surface area contributed by atoms with E-state index in [1.807, 2.05) is 53.9 Å². The summed E-state index contributed by atoms with van der Waals surface area (Å²) in [6, 6.07) is 21.8. The number of rotatable bonds is 6. The molecule has 5 nitrogen and oxygen atoms in total. The molecule has 0 saturated heterocycles. The van der Waals surface area contributed by atoms with Crippen LogP contribution >= 0.6 is 34.3 Å². The predicted molar refractivity (Wildman–Crippen MR) is 147 cm³/mol. The van der Waals surface area contributed by atoms with Crippen molar-refractivity contribution in [3.8, 4) is 11.3 Å². The third-order valence-electron chi connectivity index (χ3n) is 5.31. The molecule has 0 aliphatic carbocycles. The van der Waals surface area contributed by atoms with E-state index < -0.39 is 0 Å². The smallest absolute Gasteiger partial charge is 0.267 e. The molecular weight excluding hydrogens is 498 g/mol. The maximum absolute atomic E-state index is 12.9. The fourth-order valence-corrected chi connectivity index (χ4v) is 5.23. The SMILES string of the molecule is Nc1c(C(=O)Nc2ccc(C(=O)/C=C/c3cccs3)cc2)sc2nc(-c3ccc(Cl)cc3)ccc12. The second-order valence-corrected chi connectivity index (χ2v) is 10.1. The Morgan fingerprint density at radius 2 is 1.74 bits per heavy atom. The molecule has 0 aliphatic heterocycles. The van der Waals surface area contributed by atoms with Crippen LogP contribution in [0.2, 0.25) is 5.02 Å².